The largest absolute Gasteiger partial charge is 0.419 e. The van der Waals surface area contributed by atoms with Gasteiger partial charge in [-0.05, 0) is 23.8 Å². The van der Waals surface area contributed by atoms with Gasteiger partial charge in [0.1, 0.15) is 11.4 Å². The first kappa shape index (κ1) is 15.3. The Kier molecular flexibility index (Phi) is 3.69. The van der Waals surface area contributed by atoms with E-state index >= 15 is 0 Å². The van der Waals surface area contributed by atoms with Gasteiger partial charge in [0, 0.05) is 5.56 Å². The first-order valence-corrected chi connectivity index (χ1v) is 5.55. The molecule has 1 radical (unpaired) electrons. The average molecular weight is 307 g/mol. The third-order valence-corrected chi connectivity index (χ3v) is 2.75. The summed E-state index contributed by atoms with van der Waals surface area (Å²) in [5, 5.41) is 0. The second-order valence-corrected chi connectivity index (χ2v) is 4.14. The van der Waals surface area contributed by atoms with Gasteiger partial charge >= 0.3 is 12.4 Å². The van der Waals surface area contributed by atoms with E-state index < -0.39 is 34.9 Å². The molecular formula is C14H6F7. The molecule has 0 aliphatic rings. The minimum atomic E-state index is -5.45. The zero-order valence-electron chi connectivity index (χ0n) is 10.1. The van der Waals surface area contributed by atoms with Gasteiger partial charge in [-0.25, -0.2) is 4.39 Å². The molecule has 0 spiro atoms. The summed E-state index contributed by atoms with van der Waals surface area (Å²) < 4.78 is 90.2. The lowest BCUT2D eigenvalue weighted by Gasteiger charge is -2.18. The Bertz CT molecular complexity index is 639. The van der Waals surface area contributed by atoms with Crippen molar-refractivity contribution in [3.05, 3.63) is 59.4 Å². The highest BCUT2D eigenvalue weighted by atomic mass is 19.4. The van der Waals surface area contributed by atoms with E-state index in [4.69, 9.17) is 0 Å². The molecule has 0 saturated carbocycles. The topological polar surface area (TPSA) is 0 Å². The summed E-state index contributed by atoms with van der Waals surface area (Å²) in [5.74, 6) is -1.95. The number of halogens is 7. The molecule has 21 heavy (non-hydrogen) atoms. The number of alkyl halides is 6. The Morgan fingerprint density at radius 2 is 1.52 bits per heavy atom. The molecule has 2 aromatic rings. The van der Waals surface area contributed by atoms with Gasteiger partial charge < -0.3 is 0 Å². The summed E-state index contributed by atoms with van der Waals surface area (Å²) in [7, 11) is 0. The molecule has 0 atom stereocenters. The van der Waals surface area contributed by atoms with E-state index in [1.807, 2.05) is 0 Å². The SMILES string of the molecule is Fc1c(-c2c[c]ccc2)ccc(C(F)(F)F)c1C(F)(F)F. The van der Waals surface area contributed by atoms with Gasteiger partial charge in [0.15, 0.2) is 0 Å². The summed E-state index contributed by atoms with van der Waals surface area (Å²) >= 11 is 0. The van der Waals surface area contributed by atoms with Crippen molar-refractivity contribution in [3.63, 3.8) is 0 Å². The normalized spacial score (nSPS) is 12.5. The van der Waals surface area contributed by atoms with Crippen LogP contribution in [-0.2, 0) is 12.4 Å². The van der Waals surface area contributed by atoms with Crippen molar-refractivity contribution in [3.8, 4) is 11.1 Å². The third kappa shape index (κ3) is 3.01. The number of rotatable bonds is 1. The predicted molar refractivity (Wildman–Crippen MR) is 60.7 cm³/mol. The van der Waals surface area contributed by atoms with E-state index in [1.54, 1.807) is 0 Å². The van der Waals surface area contributed by atoms with Gasteiger partial charge in [0.25, 0.3) is 0 Å². The Labute approximate surface area is 114 Å². The molecule has 0 bridgehead atoms. The van der Waals surface area contributed by atoms with Gasteiger partial charge in [-0.2, -0.15) is 26.3 Å². The summed E-state index contributed by atoms with van der Waals surface area (Å²) in [5.41, 5.74) is -4.91. The molecule has 0 fully saturated rings. The lowest BCUT2D eigenvalue weighted by atomic mass is 9.97. The summed E-state index contributed by atoms with van der Waals surface area (Å²) in [6, 6.07) is 8.71. The average Bonchev–Trinajstić information content (AvgIpc) is 2.36. The molecule has 0 unspecified atom stereocenters. The van der Waals surface area contributed by atoms with Crippen molar-refractivity contribution in [2.45, 2.75) is 12.4 Å². The molecule has 0 aliphatic carbocycles. The van der Waals surface area contributed by atoms with Gasteiger partial charge in [0.2, 0.25) is 0 Å². The standard InChI is InChI=1S/C14H6F7/c15-12-9(8-4-2-1-3-5-8)6-7-10(13(16,17)18)11(12)14(19,20)21/h1-2,4-7H. The van der Waals surface area contributed by atoms with Crippen LogP contribution in [-0.4, -0.2) is 0 Å². The van der Waals surface area contributed by atoms with E-state index in [9.17, 15) is 30.7 Å². The highest BCUT2D eigenvalue weighted by Gasteiger charge is 2.46. The van der Waals surface area contributed by atoms with Gasteiger partial charge in [-0.1, -0.05) is 24.3 Å². The Morgan fingerprint density at radius 1 is 0.857 bits per heavy atom. The van der Waals surface area contributed by atoms with Crippen LogP contribution in [0.25, 0.3) is 11.1 Å². The van der Waals surface area contributed by atoms with Crippen molar-refractivity contribution in [2.75, 3.05) is 0 Å². The van der Waals surface area contributed by atoms with Crippen LogP contribution in [0.3, 0.4) is 0 Å². The molecule has 0 heterocycles. The summed E-state index contributed by atoms with van der Waals surface area (Å²) in [4.78, 5) is 0. The molecule has 0 aromatic heterocycles. The van der Waals surface area contributed by atoms with Crippen LogP contribution < -0.4 is 0 Å². The first-order valence-electron chi connectivity index (χ1n) is 5.55. The number of hydrogen-bond acceptors (Lipinski definition) is 0. The molecule has 0 nitrogen and oxygen atoms in total. The molecule has 2 rings (SSSR count). The molecule has 7 heteroatoms. The first-order chi connectivity index (χ1) is 9.62. The molecule has 111 valence electrons. The quantitative estimate of drug-likeness (QED) is 0.625. The van der Waals surface area contributed by atoms with Gasteiger partial charge in [-0.15, -0.1) is 0 Å². The molecule has 0 saturated heterocycles. The Morgan fingerprint density at radius 3 is 2.00 bits per heavy atom. The van der Waals surface area contributed by atoms with Crippen LogP contribution in [0.2, 0.25) is 0 Å². The van der Waals surface area contributed by atoms with Crippen LogP contribution in [0, 0.1) is 11.9 Å². The Hall–Kier alpha value is -2.05. The second kappa shape index (κ2) is 5.05. The van der Waals surface area contributed by atoms with Crippen LogP contribution in [0.5, 0.6) is 0 Å². The van der Waals surface area contributed by atoms with Crippen molar-refractivity contribution >= 4 is 0 Å². The van der Waals surface area contributed by atoms with E-state index in [0.29, 0.717) is 6.07 Å². The lowest BCUT2D eigenvalue weighted by molar-refractivity contribution is -0.163. The highest BCUT2D eigenvalue weighted by Crippen LogP contribution is 2.43. The second-order valence-electron chi connectivity index (χ2n) is 4.14. The van der Waals surface area contributed by atoms with Crippen molar-refractivity contribution in [2.24, 2.45) is 0 Å². The summed E-state index contributed by atoms with van der Waals surface area (Å²) in [6.07, 6.45) is -10.8. The third-order valence-electron chi connectivity index (χ3n) is 2.75. The zero-order valence-corrected chi connectivity index (χ0v) is 10.1. The van der Waals surface area contributed by atoms with Gasteiger partial charge in [-0.3, -0.25) is 0 Å². The van der Waals surface area contributed by atoms with Crippen LogP contribution in [0.15, 0.2) is 36.4 Å². The van der Waals surface area contributed by atoms with Crippen molar-refractivity contribution in [1.29, 1.82) is 0 Å². The fourth-order valence-electron chi connectivity index (χ4n) is 1.87. The molecule has 0 amide bonds. The van der Waals surface area contributed by atoms with Crippen molar-refractivity contribution < 1.29 is 30.7 Å². The minimum Gasteiger partial charge on any atom is -0.206 e. The molecular weight excluding hydrogens is 301 g/mol. The maximum Gasteiger partial charge on any atom is 0.419 e. The van der Waals surface area contributed by atoms with Crippen molar-refractivity contribution in [1.82, 2.24) is 0 Å². The maximum absolute atomic E-state index is 14.0. The smallest absolute Gasteiger partial charge is 0.206 e. The monoisotopic (exact) mass is 307 g/mol. The van der Waals surface area contributed by atoms with Crippen LogP contribution in [0.4, 0.5) is 30.7 Å². The van der Waals surface area contributed by atoms with E-state index in [1.165, 1.54) is 24.3 Å². The molecule has 0 aliphatic heterocycles. The molecule has 2 aromatic carbocycles. The predicted octanol–water partition coefficient (Wildman–Crippen LogP) is 5.33. The molecule has 0 N–H and O–H groups in total. The highest BCUT2D eigenvalue weighted by molar-refractivity contribution is 5.66. The maximum atomic E-state index is 14.0. The Balaban J connectivity index is 2.75. The van der Waals surface area contributed by atoms with Gasteiger partial charge in [0.05, 0.1) is 5.56 Å². The fourth-order valence-corrected chi connectivity index (χ4v) is 1.87. The van der Waals surface area contributed by atoms with Crippen LogP contribution in [0.1, 0.15) is 11.1 Å². The fraction of sp³-hybridized carbons (Fsp3) is 0.143. The van der Waals surface area contributed by atoms with E-state index in [-0.39, 0.29) is 11.6 Å². The summed E-state index contributed by atoms with van der Waals surface area (Å²) in [6.45, 7) is 0. The van der Waals surface area contributed by atoms with E-state index in [0.717, 1.165) is 0 Å². The minimum absolute atomic E-state index is 0.00854. The zero-order chi connectivity index (χ0) is 15.8. The number of hydrogen-bond donors (Lipinski definition) is 0. The van der Waals surface area contributed by atoms with E-state index in [2.05, 4.69) is 6.07 Å². The lowest BCUT2D eigenvalue weighted by Crippen LogP contribution is -2.19. The van der Waals surface area contributed by atoms with Crippen LogP contribution >= 0.6 is 0 Å². The number of benzene rings is 2.